The SMILES string of the molecule is CCCC(C)[C](C)(C)[Al]([C](C)(C)C(C)CCC)[C](C)(C)C(C)CCC. The van der Waals surface area contributed by atoms with E-state index in [0.29, 0.717) is 12.8 Å². The Hall–Kier alpha value is 0.532. The molecule has 0 nitrogen and oxygen atoms in total. The van der Waals surface area contributed by atoms with Crippen LogP contribution in [-0.4, -0.2) is 14.1 Å². The maximum atomic E-state index is 2.64. The molecule has 0 aromatic carbocycles. The molecule has 0 radical (unpaired) electrons. The van der Waals surface area contributed by atoms with Crippen molar-refractivity contribution in [3.8, 4) is 0 Å². The first kappa shape index (κ1) is 25.5. The zero-order chi connectivity index (χ0) is 20.1. The predicted molar refractivity (Wildman–Crippen MR) is 120 cm³/mol. The van der Waals surface area contributed by atoms with Gasteiger partial charge in [0.05, 0.1) is 0 Å². The molecule has 25 heavy (non-hydrogen) atoms. The molecule has 0 aliphatic heterocycles. The lowest BCUT2D eigenvalue weighted by Crippen LogP contribution is -2.52. The van der Waals surface area contributed by atoms with Crippen LogP contribution in [0.2, 0.25) is 12.8 Å². The quantitative estimate of drug-likeness (QED) is 0.302. The van der Waals surface area contributed by atoms with Crippen LogP contribution in [0, 0.1) is 17.8 Å². The second kappa shape index (κ2) is 10.2. The Balaban J connectivity index is 6.14. The summed E-state index contributed by atoms with van der Waals surface area (Å²) in [6, 6.07) is 0. The molecule has 0 fully saturated rings. The Kier molecular flexibility index (Phi) is 10.4. The summed E-state index contributed by atoms with van der Waals surface area (Å²) < 4.78 is 1.48. The van der Waals surface area contributed by atoms with Crippen LogP contribution in [0.4, 0.5) is 0 Å². The van der Waals surface area contributed by atoms with E-state index in [9.17, 15) is 0 Å². The number of hydrogen-bond acceptors (Lipinski definition) is 0. The van der Waals surface area contributed by atoms with Crippen molar-refractivity contribution < 1.29 is 0 Å². The van der Waals surface area contributed by atoms with E-state index in [1.54, 1.807) is 0 Å². The van der Waals surface area contributed by atoms with Gasteiger partial charge in [0.15, 0.2) is 0 Å². The van der Waals surface area contributed by atoms with Gasteiger partial charge in [0.25, 0.3) is 14.1 Å². The summed E-state index contributed by atoms with van der Waals surface area (Å²) in [4.78, 5) is 0. The monoisotopic (exact) mass is 366 g/mol. The molecule has 0 aliphatic rings. The molecule has 3 atom stereocenters. The highest BCUT2D eigenvalue weighted by Gasteiger charge is 2.58. The van der Waals surface area contributed by atoms with Crippen LogP contribution in [0.25, 0.3) is 0 Å². The minimum absolute atomic E-state index is 0.493. The maximum absolute atomic E-state index is 2.64. The molecule has 150 valence electrons. The van der Waals surface area contributed by atoms with Gasteiger partial charge in [0.2, 0.25) is 0 Å². The Labute approximate surface area is 166 Å². The van der Waals surface area contributed by atoms with E-state index >= 15 is 0 Å². The lowest BCUT2D eigenvalue weighted by atomic mass is 9.89. The van der Waals surface area contributed by atoms with E-state index in [0.717, 1.165) is 17.8 Å². The lowest BCUT2D eigenvalue weighted by molar-refractivity contribution is 0.300. The van der Waals surface area contributed by atoms with E-state index in [4.69, 9.17) is 0 Å². The standard InChI is InChI=1S/3C8H17.Al/c3*1-5-6-8(4)7(2)3;/h3*8H,5-6H2,1-4H3;. The molecule has 0 N–H and O–H groups in total. The summed E-state index contributed by atoms with van der Waals surface area (Å²) in [5.74, 6) is 2.49. The maximum Gasteiger partial charge on any atom is 0.282 e. The molecule has 0 saturated carbocycles. The average molecular weight is 367 g/mol. The van der Waals surface area contributed by atoms with Gasteiger partial charge in [-0.3, -0.25) is 0 Å². The van der Waals surface area contributed by atoms with Crippen molar-refractivity contribution in [1.29, 1.82) is 0 Å². The van der Waals surface area contributed by atoms with Crippen molar-refractivity contribution in [1.82, 2.24) is 0 Å². The van der Waals surface area contributed by atoms with E-state index in [1.165, 1.54) is 38.5 Å². The van der Waals surface area contributed by atoms with Crippen molar-refractivity contribution >= 4 is 14.1 Å². The third kappa shape index (κ3) is 6.01. The molecule has 3 unspecified atom stereocenters. The Morgan fingerprint density at radius 1 is 0.520 bits per heavy atom. The van der Waals surface area contributed by atoms with Gasteiger partial charge in [-0.1, -0.05) is 152 Å². The second-order valence-corrected chi connectivity index (χ2v) is 16.3. The fourth-order valence-corrected chi connectivity index (χ4v) is 14.1. The van der Waals surface area contributed by atoms with Gasteiger partial charge in [-0.25, -0.2) is 0 Å². The Morgan fingerprint density at radius 2 is 0.720 bits per heavy atom. The summed E-state index contributed by atoms with van der Waals surface area (Å²) in [6.45, 7) is 30.6. The van der Waals surface area contributed by atoms with Gasteiger partial charge in [-0.05, 0) is 0 Å². The molecule has 1 heteroatoms. The molecule has 0 bridgehead atoms. The van der Waals surface area contributed by atoms with Crippen molar-refractivity contribution in [2.45, 2.75) is 134 Å². The van der Waals surface area contributed by atoms with Crippen molar-refractivity contribution in [2.75, 3.05) is 0 Å². The molecule has 0 aromatic rings. The highest BCUT2D eigenvalue weighted by Crippen LogP contribution is 2.63. The zero-order valence-electron chi connectivity index (χ0n) is 20.1. The molecule has 0 saturated heterocycles. The van der Waals surface area contributed by atoms with Crippen molar-refractivity contribution in [3.63, 3.8) is 0 Å². The van der Waals surface area contributed by atoms with Crippen LogP contribution < -0.4 is 0 Å². The molecule has 0 rings (SSSR count). The minimum Gasteiger partial charge on any atom is -0.0727 e. The Morgan fingerprint density at radius 3 is 0.880 bits per heavy atom. The molecule has 0 heterocycles. The summed E-state index contributed by atoms with van der Waals surface area (Å²) in [7, 11) is 0. The first-order valence-electron chi connectivity index (χ1n) is 11.3. The number of rotatable bonds is 12. The van der Waals surface area contributed by atoms with Gasteiger partial charge in [-0.2, -0.15) is 0 Å². The normalized spacial score (nSPS) is 17.3. The zero-order valence-corrected chi connectivity index (χ0v) is 21.2. The van der Waals surface area contributed by atoms with Crippen LogP contribution in [-0.2, 0) is 0 Å². The smallest absolute Gasteiger partial charge is 0.0727 e. The van der Waals surface area contributed by atoms with Crippen LogP contribution in [0.1, 0.15) is 122 Å². The molecule has 0 aromatic heterocycles. The highest BCUT2D eigenvalue weighted by molar-refractivity contribution is 6.68. The van der Waals surface area contributed by atoms with Crippen LogP contribution in [0.3, 0.4) is 0 Å². The van der Waals surface area contributed by atoms with Crippen molar-refractivity contribution in [3.05, 3.63) is 0 Å². The van der Waals surface area contributed by atoms with Gasteiger partial charge in [0.1, 0.15) is 0 Å². The molecule has 0 spiro atoms. The predicted octanol–water partition coefficient (Wildman–Crippen LogP) is 9.13. The fourth-order valence-electron chi connectivity index (χ4n) is 6.15. The largest absolute Gasteiger partial charge is 0.282 e. The van der Waals surface area contributed by atoms with Gasteiger partial charge >= 0.3 is 0 Å². The first-order valence-corrected chi connectivity index (χ1v) is 13.0. The van der Waals surface area contributed by atoms with E-state index < -0.39 is 14.1 Å². The topological polar surface area (TPSA) is 0 Å². The second-order valence-electron chi connectivity index (χ2n) is 11.0. The van der Waals surface area contributed by atoms with Crippen molar-refractivity contribution in [2.24, 2.45) is 17.8 Å². The lowest BCUT2D eigenvalue weighted by Gasteiger charge is -2.55. The summed E-state index contributed by atoms with van der Waals surface area (Å²) in [5, 5.41) is 0. The molecule has 0 aliphatic carbocycles. The van der Waals surface area contributed by atoms with Crippen LogP contribution in [0.15, 0.2) is 0 Å². The van der Waals surface area contributed by atoms with Gasteiger partial charge in [0, 0.05) is 0 Å². The molecule has 0 amide bonds. The third-order valence-corrected chi connectivity index (χ3v) is 14.4. The molecular weight excluding hydrogens is 315 g/mol. The minimum atomic E-state index is -1.13. The summed E-state index contributed by atoms with van der Waals surface area (Å²) in [6.07, 6.45) is 8.11. The Bertz CT molecular complexity index is 309. The summed E-state index contributed by atoms with van der Waals surface area (Å²) in [5.41, 5.74) is 0. The number of hydrogen-bond donors (Lipinski definition) is 0. The summed E-state index contributed by atoms with van der Waals surface area (Å²) >= 11 is -1.13. The van der Waals surface area contributed by atoms with Crippen LogP contribution in [0.5, 0.6) is 0 Å². The van der Waals surface area contributed by atoms with E-state index in [2.05, 4.69) is 83.1 Å². The fraction of sp³-hybridized carbons (Fsp3) is 1.00. The van der Waals surface area contributed by atoms with Crippen LogP contribution >= 0.6 is 0 Å². The highest BCUT2D eigenvalue weighted by atomic mass is 27.2. The van der Waals surface area contributed by atoms with E-state index in [-0.39, 0.29) is 0 Å². The van der Waals surface area contributed by atoms with E-state index in [1.807, 2.05) is 0 Å². The molecular formula is C24H51Al. The first-order chi connectivity index (χ1) is 11.3. The average Bonchev–Trinajstić information content (AvgIpc) is 2.46. The third-order valence-electron chi connectivity index (χ3n) is 8.21. The van der Waals surface area contributed by atoms with Gasteiger partial charge in [-0.15, -0.1) is 0 Å². The van der Waals surface area contributed by atoms with Gasteiger partial charge < -0.3 is 0 Å².